The Morgan fingerprint density at radius 3 is 2.63 bits per heavy atom. The Balaban J connectivity index is 2.12. The Labute approximate surface area is 112 Å². The third-order valence-electron chi connectivity index (χ3n) is 3.04. The molecule has 0 aliphatic carbocycles. The van der Waals surface area contributed by atoms with Gasteiger partial charge < -0.3 is 5.32 Å². The van der Waals surface area contributed by atoms with Crippen LogP contribution in [-0.2, 0) is 0 Å². The number of amides is 1. The average Bonchev–Trinajstić information content (AvgIpc) is 2.75. The van der Waals surface area contributed by atoms with Gasteiger partial charge in [-0.2, -0.15) is 0 Å². The molecule has 0 radical (unpaired) electrons. The van der Waals surface area contributed by atoms with E-state index in [0.717, 1.165) is 5.56 Å². The summed E-state index contributed by atoms with van der Waals surface area (Å²) in [7, 11) is 0. The fraction of sp³-hybridized carbons (Fsp3) is 0.357. The van der Waals surface area contributed by atoms with Crippen LogP contribution < -0.4 is 5.32 Å². The van der Waals surface area contributed by atoms with Crippen LogP contribution in [-0.4, -0.2) is 21.1 Å². The zero-order chi connectivity index (χ0) is 14.0. The Hall–Kier alpha value is -2.17. The molecule has 1 unspecified atom stereocenters. The molecule has 2 N–H and O–H groups in total. The van der Waals surface area contributed by atoms with Crippen molar-refractivity contribution in [1.82, 2.24) is 20.5 Å². The molecule has 1 aromatic heterocycles. The molecule has 5 nitrogen and oxygen atoms in total. The van der Waals surface area contributed by atoms with Gasteiger partial charge in [0.25, 0.3) is 5.91 Å². The minimum Gasteiger partial charge on any atom is -0.343 e. The summed E-state index contributed by atoms with van der Waals surface area (Å²) >= 11 is 0. The number of rotatable bonds is 3. The predicted molar refractivity (Wildman–Crippen MR) is 72.9 cm³/mol. The third-order valence-corrected chi connectivity index (χ3v) is 3.04. The summed E-state index contributed by atoms with van der Waals surface area (Å²) < 4.78 is 0. The highest BCUT2D eigenvalue weighted by Gasteiger charge is 2.16. The van der Waals surface area contributed by atoms with E-state index in [1.807, 2.05) is 26.0 Å². The molecule has 0 aliphatic heterocycles. The number of aryl methyl sites for hydroxylation is 3. The van der Waals surface area contributed by atoms with Gasteiger partial charge >= 0.3 is 0 Å². The lowest BCUT2D eigenvalue weighted by molar-refractivity contribution is 0.0929. The zero-order valence-corrected chi connectivity index (χ0v) is 11.6. The number of hydrogen-bond acceptors (Lipinski definition) is 3. The summed E-state index contributed by atoms with van der Waals surface area (Å²) in [5, 5.41) is 9.41. The maximum Gasteiger partial charge on any atom is 0.291 e. The number of H-pyrrole nitrogens is 1. The fourth-order valence-electron chi connectivity index (χ4n) is 2.09. The number of carbonyl (C=O) groups excluding carboxylic acids is 1. The first kappa shape index (κ1) is 13.3. The van der Waals surface area contributed by atoms with Gasteiger partial charge in [-0.25, -0.2) is 4.98 Å². The van der Waals surface area contributed by atoms with E-state index in [4.69, 9.17) is 0 Å². The zero-order valence-electron chi connectivity index (χ0n) is 11.6. The highest BCUT2D eigenvalue weighted by atomic mass is 16.2. The minimum absolute atomic E-state index is 0.0769. The van der Waals surface area contributed by atoms with Crippen LogP contribution in [0.4, 0.5) is 0 Å². The van der Waals surface area contributed by atoms with Crippen LogP contribution in [0.5, 0.6) is 0 Å². The standard InChI is InChI=1S/C14H18N4O/c1-8-5-6-12(9(2)7-8)10(3)15-14(19)13-16-11(4)17-18-13/h5-7,10H,1-4H3,(H,15,19)(H,16,17,18). The summed E-state index contributed by atoms with van der Waals surface area (Å²) in [4.78, 5) is 16.0. The average molecular weight is 258 g/mol. The molecule has 0 fully saturated rings. The van der Waals surface area contributed by atoms with Crippen LogP contribution >= 0.6 is 0 Å². The molecule has 19 heavy (non-hydrogen) atoms. The first-order valence-electron chi connectivity index (χ1n) is 6.24. The SMILES string of the molecule is Cc1ccc(C(C)NC(=O)c2n[nH]c(C)n2)c(C)c1. The lowest BCUT2D eigenvalue weighted by Crippen LogP contribution is -2.28. The molecular formula is C14H18N4O. The molecule has 100 valence electrons. The molecule has 0 saturated carbocycles. The van der Waals surface area contributed by atoms with Gasteiger partial charge in [0, 0.05) is 0 Å². The first-order chi connectivity index (χ1) is 8.97. The molecule has 1 amide bonds. The lowest BCUT2D eigenvalue weighted by atomic mass is 10.0. The van der Waals surface area contributed by atoms with E-state index >= 15 is 0 Å². The van der Waals surface area contributed by atoms with Gasteiger partial charge in [0.1, 0.15) is 5.82 Å². The van der Waals surface area contributed by atoms with Crippen LogP contribution in [0.2, 0.25) is 0 Å². The maximum atomic E-state index is 12.0. The first-order valence-corrected chi connectivity index (χ1v) is 6.24. The summed E-state index contributed by atoms with van der Waals surface area (Å²) in [6, 6.07) is 6.11. The summed E-state index contributed by atoms with van der Waals surface area (Å²) in [6.07, 6.45) is 0. The lowest BCUT2D eigenvalue weighted by Gasteiger charge is -2.16. The molecule has 2 rings (SSSR count). The molecule has 1 heterocycles. The van der Waals surface area contributed by atoms with Crippen LogP contribution in [0.1, 0.15) is 46.1 Å². The van der Waals surface area contributed by atoms with Gasteiger partial charge in [0.2, 0.25) is 5.82 Å². The fourth-order valence-corrected chi connectivity index (χ4v) is 2.09. The van der Waals surface area contributed by atoms with Crippen LogP contribution in [0.3, 0.4) is 0 Å². The third kappa shape index (κ3) is 2.99. The van der Waals surface area contributed by atoms with Crippen LogP contribution in [0.25, 0.3) is 0 Å². The van der Waals surface area contributed by atoms with Crippen molar-refractivity contribution in [1.29, 1.82) is 0 Å². The number of aromatic nitrogens is 3. The van der Waals surface area contributed by atoms with E-state index in [-0.39, 0.29) is 17.8 Å². The second kappa shape index (κ2) is 5.22. The Kier molecular flexibility index (Phi) is 3.64. The molecule has 0 saturated heterocycles. The number of carbonyl (C=O) groups is 1. The van der Waals surface area contributed by atoms with Crippen molar-refractivity contribution in [2.24, 2.45) is 0 Å². The highest BCUT2D eigenvalue weighted by Crippen LogP contribution is 2.18. The number of aromatic amines is 1. The summed E-state index contributed by atoms with van der Waals surface area (Å²) in [6.45, 7) is 7.81. The van der Waals surface area contributed by atoms with E-state index in [2.05, 4.69) is 33.5 Å². The van der Waals surface area contributed by atoms with E-state index < -0.39 is 0 Å². The van der Waals surface area contributed by atoms with Crippen molar-refractivity contribution in [3.63, 3.8) is 0 Å². The maximum absolute atomic E-state index is 12.0. The molecule has 5 heteroatoms. The second-order valence-electron chi connectivity index (χ2n) is 4.80. The van der Waals surface area contributed by atoms with Crippen LogP contribution in [0, 0.1) is 20.8 Å². The van der Waals surface area contributed by atoms with Gasteiger partial charge in [-0.05, 0) is 38.8 Å². The van der Waals surface area contributed by atoms with Gasteiger partial charge in [0.05, 0.1) is 6.04 Å². The van der Waals surface area contributed by atoms with Crippen molar-refractivity contribution in [2.75, 3.05) is 0 Å². The normalized spacial score (nSPS) is 12.2. The number of nitrogens with zero attached hydrogens (tertiary/aromatic N) is 2. The van der Waals surface area contributed by atoms with Crippen molar-refractivity contribution >= 4 is 5.91 Å². The van der Waals surface area contributed by atoms with Crippen molar-refractivity contribution < 1.29 is 4.79 Å². The molecular weight excluding hydrogens is 240 g/mol. The number of hydrogen-bond donors (Lipinski definition) is 2. The summed E-state index contributed by atoms with van der Waals surface area (Å²) in [5.74, 6) is 0.537. The Morgan fingerprint density at radius 1 is 1.32 bits per heavy atom. The van der Waals surface area contributed by atoms with Gasteiger partial charge in [-0.3, -0.25) is 9.89 Å². The topological polar surface area (TPSA) is 70.7 Å². The molecule has 1 atom stereocenters. The summed E-state index contributed by atoms with van der Waals surface area (Å²) in [5.41, 5.74) is 3.48. The number of nitrogens with one attached hydrogen (secondary N) is 2. The smallest absolute Gasteiger partial charge is 0.291 e. The molecule has 0 bridgehead atoms. The second-order valence-corrected chi connectivity index (χ2v) is 4.80. The predicted octanol–water partition coefficient (Wildman–Crippen LogP) is 2.22. The van der Waals surface area contributed by atoms with Gasteiger partial charge in [0.15, 0.2) is 0 Å². The molecule has 0 aliphatic rings. The van der Waals surface area contributed by atoms with E-state index in [0.29, 0.717) is 5.82 Å². The van der Waals surface area contributed by atoms with Crippen molar-refractivity contribution in [2.45, 2.75) is 33.7 Å². The van der Waals surface area contributed by atoms with Crippen LogP contribution in [0.15, 0.2) is 18.2 Å². The quantitative estimate of drug-likeness (QED) is 0.886. The van der Waals surface area contributed by atoms with Gasteiger partial charge in [-0.1, -0.05) is 23.8 Å². The van der Waals surface area contributed by atoms with Crippen molar-refractivity contribution in [3.05, 3.63) is 46.5 Å². The monoisotopic (exact) mass is 258 g/mol. The Morgan fingerprint density at radius 2 is 2.05 bits per heavy atom. The van der Waals surface area contributed by atoms with E-state index in [9.17, 15) is 4.79 Å². The van der Waals surface area contributed by atoms with Gasteiger partial charge in [-0.15, -0.1) is 5.10 Å². The molecule has 0 spiro atoms. The minimum atomic E-state index is -0.267. The molecule has 1 aromatic carbocycles. The van der Waals surface area contributed by atoms with E-state index in [1.54, 1.807) is 6.92 Å². The van der Waals surface area contributed by atoms with E-state index in [1.165, 1.54) is 11.1 Å². The van der Waals surface area contributed by atoms with Crippen molar-refractivity contribution in [3.8, 4) is 0 Å². The number of benzene rings is 1. The Bertz CT molecular complexity index is 603. The highest BCUT2D eigenvalue weighted by molar-refractivity contribution is 5.90. The molecule has 2 aromatic rings. The largest absolute Gasteiger partial charge is 0.343 e.